The molecule has 0 spiro atoms. The Bertz CT molecular complexity index is 1450. The van der Waals surface area contributed by atoms with E-state index in [1.807, 2.05) is 0 Å². The Morgan fingerprint density at radius 3 is 2.58 bits per heavy atom. The average Bonchev–Trinajstić information content (AvgIpc) is 2.72. The molecule has 3 N–H and O–H groups in total. The van der Waals surface area contributed by atoms with Gasteiger partial charge in [-0.2, -0.15) is 0 Å². The van der Waals surface area contributed by atoms with Crippen molar-refractivity contribution in [1.82, 2.24) is 9.97 Å². The number of nitrogens with two attached hydrogens (primary N) is 1. The first kappa shape index (κ1) is 21.2. The molecule has 0 unspecified atom stereocenters. The first-order valence-electron chi connectivity index (χ1n) is 8.65. The first-order valence-corrected chi connectivity index (χ1v) is 10.9. The molecule has 0 aliphatic rings. The number of benzene rings is 3. The van der Waals surface area contributed by atoms with Gasteiger partial charge in [0.15, 0.2) is 5.82 Å². The van der Waals surface area contributed by atoms with E-state index < -0.39 is 32.9 Å². The van der Waals surface area contributed by atoms with Gasteiger partial charge in [-0.1, -0.05) is 35.3 Å². The Hall–Kier alpha value is -3.01. The number of nitrogens with zero attached hydrogens (tertiary/aromatic N) is 2. The van der Waals surface area contributed by atoms with E-state index in [4.69, 9.17) is 28.9 Å². The van der Waals surface area contributed by atoms with Crippen LogP contribution in [0.5, 0.6) is 0 Å². The number of nitrogen functional groups attached to an aromatic ring is 1. The van der Waals surface area contributed by atoms with Crippen LogP contribution in [0.15, 0.2) is 59.6 Å². The van der Waals surface area contributed by atoms with E-state index in [0.29, 0.717) is 10.9 Å². The third-order valence-corrected chi connectivity index (χ3v) is 6.77. The Kier molecular flexibility index (Phi) is 5.42. The Balaban J connectivity index is 1.80. The van der Waals surface area contributed by atoms with Crippen LogP contribution in [-0.4, -0.2) is 18.4 Å². The molecule has 11 heteroatoms. The standard InChI is InChI=1S/C20H12Cl2F2N4O2S/c21-12-2-1-3-16(18(12)22)31(29,30)28-15-7-5-13(23)17(19(15)24)10-4-6-14-11(8-10)9-26-20(25)27-14/h1-9,28H,(H2,25,26,27). The molecule has 0 aliphatic carbocycles. The smallest absolute Gasteiger partial charge is 0.263 e. The highest BCUT2D eigenvalue weighted by molar-refractivity contribution is 7.92. The summed E-state index contributed by atoms with van der Waals surface area (Å²) in [5.41, 5.74) is 5.32. The number of hydrogen-bond acceptors (Lipinski definition) is 5. The second-order valence-corrected chi connectivity index (χ2v) is 8.88. The lowest BCUT2D eigenvalue weighted by atomic mass is 10.0. The van der Waals surface area contributed by atoms with Crippen molar-refractivity contribution in [2.45, 2.75) is 4.90 Å². The molecule has 0 atom stereocenters. The van der Waals surface area contributed by atoms with Crippen LogP contribution in [0.25, 0.3) is 22.0 Å². The quantitative estimate of drug-likeness (QED) is 0.414. The van der Waals surface area contributed by atoms with E-state index in [-0.39, 0.29) is 26.5 Å². The van der Waals surface area contributed by atoms with E-state index in [1.165, 1.54) is 42.6 Å². The van der Waals surface area contributed by atoms with Crippen LogP contribution in [0, 0.1) is 11.6 Å². The molecule has 158 valence electrons. The lowest BCUT2D eigenvalue weighted by molar-refractivity contribution is 0.588. The molecule has 0 bridgehead atoms. The molecule has 1 heterocycles. The van der Waals surface area contributed by atoms with Crippen LogP contribution in [0.4, 0.5) is 20.4 Å². The third kappa shape index (κ3) is 3.99. The lowest BCUT2D eigenvalue weighted by Crippen LogP contribution is -2.15. The summed E-state index contributed by atoms with van der Waals surface area (Å²) >= 11 is 11.8. The number of hydrogen-bond donors (Lipinski definition) is 2. The maximum Gasteiger partial charge on any atom is 0.263 e. The molecule has 0 aliphatic heterocycles. The molecule has 4 rings (SSSR count). The van der Waals surface area contributed by atoms with Crippen LogP contribution < -0.4 is 10.5 Å². The minimum Gasteiger partial charge on any atom is -0.368 e. The van der Waals surface area contributed by atoms with Crippen LogP contribution in [0.3, 0.4) is 0 Å². The number of anilines is 2. The van der Waals surface area contributed by atoms with Crippen LogP contribution >= 0.6 is 23.2 Å². The Morgan fingerprint density at radius 1 is 1.03 bits per heavy atom. The monoisotopic (exact) mass is 480 g/mol. The molecular weight excluding hydrogens is 469 g/mol. The fraction of sp³-hybridized carbons (Fsp3) is 0. The Labute approximate surface area is 185 Å². The van der Waals surface area contributed by atoms with Crippen molar-refractivity contribution in [1.29, 1.82) is 0 Å². The van der Waals surface area contributed by atoms with Crippen molar-refractivity contribution in [2.24, 2.45) is 0 Å². The lowest BCUT2D eigenvalue weighted by Gasteiger charge is -2.14. The largest absolute Gasteiger partial charge is 0.368 e. The molecule has 0 saturated heterocycles. The van der Waals surface area contributed by atoms with Gasteiger partial charge in [0.05, 0.1) is 26.8 Å². The fourth-order valence-corrected chi connectivity index (χ4v) is 4.81. The Morgan fingerprint density at radius 2 is 1.81 bits per heavy atom. The number of sulfonamides is 1. The molecule has 1 aromatic heterocycles. The topological polar surface area (TPSA) is 98.0 Å². The van der Waals surface area contributed by atoms with Crippen molar-refractivity contribution in [2.75, 3.05) is 10.5 Å². The van der Waals surface area contributed by atoms with Crippen molar-refractivity contribution in [3.05, 3.63) is 76.4 Å². The van der Waals surface area contributed by atoms with E-state index in [2.05, 4.69) is 14.7 Å². The SMILES string of the molecule is Nc1ncc2cc(-c3c(F)ccc(NS(=O)(=O)c4cccc(Cl)c4Cl)c3F)ccc2n1. The predicted octanol–water partition coefficient (Wildman–Crippen LogP) is 5.26. The van der Waals surface area contributed by atoms with E-state index in [0.717, 1.165) is 12.1 Å². The van der Waals surface area contributed by atoms with Gasteiger partial charge in [-0.15, -0.1) is 0 Å². The van der Waals surface area contributed by atoms with Crippen molar-refractivity contribution in [3.63, 3.8) is 0 Å². The van der Waals surface area contributed by atoms with Gasteiger partial charge in [-0.05, 0) is 42.0 Å². The molecule has 0 amide bonds. The van der Waals surface area contributed by atoms with Gasteiger partial charge >= 0.3 is 0 Å². The number of nitrogens with one attached hydrogen (secondary N) is 1. The summed E-state index contributed by atoms with van der Waals surface area (Å²) in [4.78, 5) is 7.56. The molecular formula is C20H12Cl2F2N4O2S. The number of rotatable bonds is 4. The van der Waals surface area contributed by atoms with Crippen LogP contribution in [-0.2, 0) is 10.0 Å². The molecule has 0 radical (unpaired) electrons. The van der Waals surface area contributed by atoms with Gasteiger partial charge in [0.1, 0.15) is 10.7 Å². The highest BCUT2D eigenvalue weighted by Gasteiger charge is 2.23. The van der Waals surface area contributed by atoms with E-state index >= 15 is 4.39 Å². The van der Waals surface area contributed by atoms with Gasteiger partial charge in [-0.25, -0.2) is 27.2 Å². The predicted molar refractivity (Wildman–Crippen MR) is 117 cm³/mol. The van der Waals surface area contributed by atoms with Gasteiger partial charge < -0.3 is 5.73 Å². The molecule has 31 heavy (non-hydrogen) atoms. The highest BCUT2D eigenvalue weighted by Crippen LogP contribution is 2.35. The number of aromatic nitrogens is 2. The van der Waals surface area contributed by atoms with Crippen molar-refractivity contribution in [3.8, 4) is 11.1 Å². The van der Waals surface area contributed by atoms with Gasteiger partial charge in [0.2, 0.25) is 5.95 Å². The van der Waals surface area contributed by atoms with E-state index in [9.17, 15) is 12.8 Å². The van der Waals surface area contributed by atoms with Crippen LogP contribution in [0.2, 0.25) is 10.0 Å². The summed E-state index contributed by atoms with van der Waals surface area (Å²) in [6.07, 6.45) is 1.42. The van der Waals surface area contributed by atoms with Crippen molar-refractivity contribution >= 4 is 55.8 Å². The zero-order valence-electron chi connectivity index (χ0n) is 15.4. The summed E-state index contributed by atoms with van der Waals surface area (Å²) in [5.74, 6) is -1.91. The highest BCUT2D eigenvalue weighted by atomic mass is 35.5. The van der Waals surface area contributed by atoms with E-state index in [1.54, 1.807) is 0 Å². The minimum absolute atomic E-state index is 0.0174. The second-order valence-electron chi connectivity index (χ2n) is 6.44. The minimum atomic E-state index is -4.30. The van der Waals surface area contributed by atoms with Gasteiger partial charge in [0.25, 0.3) is 10.0 Å². The van der Waals surface area contributed by atoms with Gasteiger partial charge in [0, 0.05) is 11.6 Å². The first-order chi connectivity index (χ1) is 14.7. The summed E-state index contributed by atoms with van der Waals surface area (Å²) in [7, 11) is -4.30. The molecule has 3 aromatic carbocycles. The zero-order valence-corrected chi connectivity index (χ0v) is 17.7. The number of halogens is 4. The summed E-state index contributed by atoms with van der Waals surface area (Å²) in [6, 6.07) is 10.4. The van der Waals surface area contributed by atoms with Crippen molar-refractivity contribution < 1.29 is 17.2 Å². The average molecular weight is 481 g/mol. The number of fused-ring (bicyclic) bond motifs is 1. The molecule has 0 fully saturated rings. The maximum atomic E-state index is 15.2. The normalized spacial score (nSPS) is 11.6. The zero-order chi connectivity index (χ0) is 22.3. The van der Waals surface area contributed by atoms with Gasteiger partial charge in [-0.3, -0.25) is 4.72 Å². The third-order valence-electron chi connectivity index (χ3n) is 4.43. The molecule has 4 aromatic rings. The van der Waals surface area contributed by atoms with Crippen LogP contribution in [0.1, 0.15) is 0 Å². The molecule has 6 nitrogen and oxygen atoms in total. The summed E-state index contributed by atoms with van der Waals surface area (Å²) in [5, 5.41) is 0.305. The summed E-state index contributed by atoms with van der Waals surface area (Å²) < 4.78 is 57.3. The second kappa shape index (κ2) is 7.92. The maximum absolute atomic E-state index is 15.2. The molecule has 0 saturated carbocycles. The fourth-order valence-electron chi connectivity index (χ4n) is 2.99. The summed E-state index contributed by atoms with van der Waals surface area (Å²) in [6.45, 7) is 0.